The Labute approximate surface area is 77.5 Å². The number of hydrogen-bond donors (Lipinski definition) is 3. The molecule has 5 N–H and O–H groups in total. The summed E-state index contributed by atoms with van der Waals surface area (Å²) >= 11 is 5.99. The van der Waals surface area contributed by atoms with Crippen molar-refractivity contribution < 1.29 is 4.57 Å². The maximum atomic E-state index is 11.0. The Bertz CT molecular complexity index is 195. The van der Waals surface area contributed by atoms with Crippen molar-refractivity contribution in [2.45, 2.75) is 37.1 Å². The SMILES string of the molecule is NP(N)(=O)NC1CCCCC1Cl. The van der Waals surface area contributed by atoms with Gasteiger partial charge in [0.05, 0.1) is 0 Å². The summed E-state index contributed by atoms with van der Waals surface area (Å²) in [5.41, 5.74) is 10.4. The van der Waals surface area contributed by atoms with Gasteiger partial charge in [-0.2, -0.15) is 0 Å². The van der Waals surface area contributed by atoms with Crippen molar-refractivity contribution in [2.24, 2.45) is 11.0 Å². The summed E-state index contributed by atoms with van der Waals surface area (Å²) in [4.78, 5) is 0. The standard InChI is InChI=1S/C6H15ClN3OP/c7-5-3-1-2-4-6(5)10-12(8,9)11/h5-6H,1-4H2,(H5,8,9,10,11). The molecule has 0 spiro atoms. The fourth-order valence-corrected chi connectivity index (χ4v) is 2.75. The predicted octanol–water partition coefficient (Wildman–Crippen LogP) is 1.15. The lowest BCUT2D eigenvalue weighted by Crippen LogP contribution is -2.40. The zero-order valence-electron chi connectivity index (χ0n) is 6.87. The van der Waals surface area contributed by atoms with E-state index in [9.17, 15) is 4.57 Å². The van der Waals surface area contributed by atoms with Gasteiger partial charge in [-0.25, -0.2) is 5.09 Å². The van der Waals surface area contributed by atoms with E-state index in [-0.39, 0.29) is 11.4 Å². The molecule has 1 aliphatic rings. The molecule has 2 unspecified atom stereocenters. The highest BCUT2D eigenvalue weighted by Crippen LogP contribution is 2.29. The molecule has 4 nitrogen and oxygen atoms in total. The van der Waals surface area contributed by atoms with Crippen molar-refractivity contribution >= 4 is 19.2 Å². The third kappa shape index (κ3) is 3.42. The van der Waals surface area contributed by atoms with Crippen molar-refractivity contribution in [3.63, 3.8) is 0 Å². The molecular formula is C6H15ClN3OP. The van der Waals surface area contributed by atoms with Crippen LogP contribution in [0.1, 0.15) is 25.7 Å². The summed E-state index contributed by atoms with van der Waals surface area (Å²) < 4.78 is 11.0. The Morgan fingerprint density at radius 1 is 1.33 bits per heavy atom. The molecule has 0 aliphatic heterocycles. The van der Waals surface area contributed by atoms with Crippen LogP contribution < -0.4 is 16.1 Å². The second-order valence-corrected chi connectivity index (χ2v) is 5.48. The van der Waals surface area contributed by atoms with Crippen LogP contribution in [0, 0.1) is 0 Å². The Kier molecular flexibility index (Phi) is 3.56. The van der Waals surface area contributed by atoms with Gasteiger partial charge in [-0.3, -0.25) is 15.6 Å². The van der Waals surface area contributed by atoms with Crippen molar-refractivity contribution in [3.8, 4) is 0 Å². The first-order valence-electron chi connectivity index (χ1n) is 4.08. The molecule has 0 radical (unpaired) electrons. The summed E-state index contributed by atoms with van der Waals surface area (Å²) in [6.45, 7) is 0. The minimum atomic E-state index is -3.11. The molecule has 0 aromatic carbocycles. The molecule has 0 saturated heterocycles. The summed E-state index contributed by atoms with van der Waals surface area (Å²) in [5, 5.41) is 2.70. The lowest BCUT2D eigenvalue weighted by atomic mass is 9.96. The van der Waals surface area contributed by atoms with Crippen LogP contribution in [0.5, 0.6) is 0 Å². The first-order chi connectivity index (χ1) is 5.49. The van der Waals surface area contributed by atoms with E-state index in [0.29, 0.717) is 0 Å². The first-order valence-corrected chi connectivity index (χ1v) is 6.36. The van der Waals surface area contributed by atoms with Gasteiger partial charge in [-0.05, 0) is 12.8 Å². The summed E-state index contributed by atoms with van der Waals surface area (Å²) in [6, 6.07) is 0.0150. The van der Waals surface area contributed by atoms with Crippen molar-refractivity contribution in [1.82, 2.24) is 5.09 Å². The average Bonchev–Trinajstić information content (AvgIpc) is 1.91. The van der Waals surface area contributed by atoms with Crippen LogP contribution in [-0.4, -0.2) is 11.4 Å². The van der Waals surface area contributed by atoms with Crippen LogP contribution in [0.4, 0.5) is 0 Å². The third-order valence-corrected chi connectivity index (χ3v) is 3.31. The molecule has 2 atom stereocenters. The van der Waals surface area contributed by atoms with E-state index in [2.05, 4.69) is 5.09 Å². The van der Waals surface area contributed by atoms with Gasteiger partial charge < -0.3 is 0 Å². The van der Waals surface area contributed by atoms with Gasteiger partial charge >= 0.3 is 0 Å². The van der Waals surface area contributed by atoms with Gasteiger partial charge in [0.1, 0.15) is 0 Å². The Morgan fingerprint density at radius 3 is 2.42 bits per heavy atom. The molecule has 0 aromatic rings. The molecule has 1 fully saturated rings. The predicted molar refractivity (Wildman–Crippen MR) is 51.0 cm³/mol. The highest BCUT2D eigenvalue weighted by atomic mass is 35.5. The van der Waals surface area contributed by atoms with E-state index in [1.807, 2.05) is 0 Å². The van der Waals surface area contributed by atoms with Crippen LogP contribution in [0.25, 0.3) is 0 Å². The highest BCUT2D eigenvalue weighted by molar-refractivity contribution is 7.56. The number of alkyl halides is 1. The molecule has 0 amide bonds. The maximum absolute atomic E-state index is 11.0. The molecule has 12 heavy (non-hydrogen) atoms. The van der Waals surface area contributed by atoms with Gasteiger partial charge in [-0.15, -0.1) is 11.6 Å². The van der Waals surface area contributed by atoms with E-state index in [1.54, 1.807) is 0 Å². The van der Waals surface area contributed by atoms with Gasteiger partial charge in [0, 0.05) is 11.4 Å². The second kappa shape index (κ2) is 4.07. The Balaban J connectivity index is 2.44. The lowest BCUT2D eigenvalue weighted by molar-refractivity contribution is 0.418. The molecule has 0 bridgehead atoms. The smallest absolute Gasteiger partial charge is 0.271 e. The van der Waals surface area contributed by atoms with Crippen molar-refractivity contribution in [2.75, 3.05) is 0 Å². The largest absolute Gasteiger partial charge is 0.274 e. The molecule has 1 aliphatic carbocycles. The third-order valence-electron chi connectivity index (χ3n) is 2.05. The van der Waals surface area contributed by atoms with Crippen LogP contribution in [-0.2, 0) is 4.57 Å². The lowest BCUT2D eigenvalue weighted by Gasteiger charge is -2.28. The number of rotatable bonds is 2. The Hall–Kier alpha value is 0.400. The van der Waals surface area contributed by atoms with Crippen LogP contribution in [0.2, 0.25) is 0 Å². The topological polar surface area (TPSA) is 81.1 Å². The molecular weight excluding hydrogens is 197 g/mol. The molecule has 1 saturated carbocycles. The monoisotopic (exact) mass is 211 g/mol. The van der Waals surface area contributed by atoms with E-state index >= 15 is 0 Å². The van der Waals surface area contributed by atoms with Gasteiger partial charge in [0.25, 0.3) is 7.59 Å². The minimum absolute atomic E-state index is 0.0131. The van der Waals surface area contributed by atoms with Crippen LogP contribution in [0.3, 0.4) is 0 Å². The van der Waals surface area contributed by atoms with Crippen LogP contribution in [0.15, 0.2) is 0 Å². The van der Waals surface area contributed by atoms with Gasteiger partial charge in [0.2, 0.25) is 0 Å². The number of halogens is 1. The number of hydrogen-bond acceptors (Lipinski definition) is 1. The zero-order chi connectivity index (χ0) is 9.19. The maximum Gasteiger partial charge on any atom is 0.274 e. The fraction of sp³-hybridized carbons (Fsp3) is 1.00. The minimum Gasteiger partial charge on any atom is -0.271 e. The number of nitrogens with two attached hydrogens (primary N) is 2. The summed E-state index contributed by atoms with van der Waals surface area (Å²) in [6.07, 6.45) is 4.08. The summed E-state index contributed by atoms with van der Waals surface area (Å²) in [7, 11) is -3.11. The fourth-order valence-electron chi connectivity index (χ4n) is 1.49. The molecule has 0 aromatic heterocycles. The molecule has 0 heterocycles. The van der Waals surface area contributed by atoms with Crippen molar-refractivity contribution in [3.05, 3.63) is 0 Å². The molecule has 6 heteroatoms. The molecule has 1 rings (SSSR count). The normalized spacial score (nSPS) is 31.9. The van der Waals surface area contributed by atoms with E-state index < -0.39 is 7.59 Å². The first kappa shape index (κ1) is 10.5. The number of nitrogens with one attached hydrogen (secondary N) is 1. The highest BCUT2D eigenvalue weighted by Gasteiger charge is 2.26. The van der Waals surface area contributed by atoms with Gasteiger partial charge in [0.15, 0.2) is 0 Å². The second-order valence-electron chi connectivity index (χ2n) is 3.25. The van der Waals surface area contributed by atoms with Gasteiger partial charge in [-0.1, -0.05) is 12.8 Å². The zero-order valence-corrected chi connectivity index (χ0v) is 8.52. The van der Waals surface area contributed by atoms with E-state index in [0.717, 1.165) is 25.7 Å². The van der Waals surface area contributed by atoms with Crippen molar-refractivity contribution in [1.29, 1.82) is 0 Å². The van der Waals surface area contributed by atoms with Crippen LogP contribution >= 0.6 is 19.2 Å². The molecule has 72 valence electrons. The Morgan fingerprint density at radius 2 is 1.92 bits per heavy atom. The average molecular weight is 212 g/mol. The van der Waals surface area contributed by atoms with E-state index in [1.165, 1.54) is 0 Å². The quantitative estimate of drug-likeness (QED) is 0.473. The van der Waals surface area contributed by atoms with E-state index in [4.69, 9.17) is 22.6 Å². The summed E-state index contributed by atoms with van der Waals surface area (Å²) in [5.74, 6) is 0.